The molecule has 60 valence electrons. The Morgan fingerprint density at radius 2 is 2.00 bits per heavy atom. The molecular weight excluding hydrogens is 179 g/mol. The zero-order chi connectivity index (χ0) is 8.27. The van der Waals surface area contributed by atoms with Crippen LogP contribution in [0.4, 0.5) is 0 Å². The van der Waals surface area contributed by atoms with Crippen LogP contribution in [0.25, 0.3) is 0 Å². The Bertz CT molecular complexity index is 223. The summed E-state index contributed by atoms with van der Waals surface area (Å²) in [4.78, 5) is 0. The first-order valence-electron chi connectivity index (χ1n) is 3.54. The lowest BCUT2D eigenvalue weighted by molar-refractivity contribution is 1.14. The van der Waals surface area contributed by atoms with Gasteiger partial charge in [0.15, 0.2) is 0 Å². The molecule has 0 radical (unpaired) electrons. The Labute approximate surface area is 77.1 Å². The van der Waals surface area contributed by atoms with E-state index in [1.54, 1.807) is 0 Å². The zero-order valence-corrected chi connectivity index (χ0v) is 7.91. The average Bonchev–Trinajstić information content (AvgIpc) is 1.85. The van der Waals surface area contributed by atoms with E-state index in [4.69, 9.17) is 23.2 Å². The Morgan fingerprint density at radius 3 is 2.55 bits per heavy atom. The third-order valence-electron chi connectivity index (χ3n) is 1.49. The fraction of sp³-hybridized carbons (Fsp3) is 0.333. The van der Waals surface area contributed by atoms with Crippen molar-refractivity contribution in [3.05, 3.63) is 34.3 Å². The molecule has 0 aromatic heterocycles. The summed E-state index contributed by atoms with van der Waals surface area (Å²) in [6.45, 7) is 2.03. The highest BCUT2D eigenvalue weighted by Gasteiger charge is 1.95. The number of rotatable bonds is 2. The van der Waals surface area contributed by atoms with Gasteiger partial charge in [-0.15, -0.1) is 11.6 Å². The maximum atomic E-state index is 5.84. The predicted octanol–water partition coefficient (Wildman–Crippen LogP) is 3.43. The number of benzene rings is 1. The molecule has 0 aliphatic rings. The maximum Gasteiger partial charge on any atom is 0.0411 e. The van der Waals surface area contributed by atoms with E-state index in [0.717, 1.165) is 11.4 Å². The van der Waals surface area contributed by atoms with Gasteiger partial charge < -0.3 is 0 Å². The Kier molecular flexibility index (Phi) is 3.22. The lowest BCUT2D eigenvalue weighted by Crippen LogP contribution is -1.86. The summed E-state index contributed by atoms with van der Waals surface area (Å²) in [5.41, 5.74) is 2.41. The van der Waals surface area contributed by atoms with Crippen LogP contribution in [-0.2, 0) is 6.42 Å². The molecule has 1 aromatic carbocycles. The number of alkyl halides is 1. The van der Waals surface area contributed by atoms with Gasteiger partial charge in [-0.3, -0.25) is 0 Å². The van der Waals surface area contributed by atoms with Gasteiger partial charge in [0, 0.05) is 10.9 Å². The summed E-state index contributed by atoms with van der Waals surface area (Å²) < 4.78 is 0. The van der Waals surface area contributed by atoms with Crippen molar-refractivity contribution in [2.45, 2.75) is 13.3 Å². The van der Waals surface area contributed by atoms with E-state index < -0.39 is 0 Å². The van der Waals surface area contributed by atoms with Gasteiger partial charge in [-0.1, -0.05) is 17.7 Å². The van der Waals surface area contributed by atoms with Crippen LogP contribution in [0.5, 0.6) is 0 Å². The molecule has 0 N–H and O–H groups in total. The van der Waals surface area contributed by atoms with Gasteiger partial charge in [0.1, 0.15) is 0 Å². The highest BCUT2D eigenvalue weighted by molar-refractivity contribution is 6.30. The van der Waals surface area contributed by atoms with Crippen molar-refractivity contribution in [2.24, 2.45) is 0 Å². The minimum atomic E-state index is 0.653. The van der Waals surface area contributed by atoms with Crippen molar-refractivity contribution < 1.29 is 0 Å². The van der Waals surface area contributed by atoms with Gasteiger partial charge in [-0.05, 0) is 36.6 Å². The monoisotopic (exact) mass is 188 g/mol. The van der Waals surface area contributed by atoms with Gasteiger partial charge in [0.25, 0.3) is 0 Å². The third kappa shape index (κ3) is 2.72. The normalized spacial score (nSPS) is 10.1. The topological polar surface area (TPSA) is 0 Å². The highest BCUT2D eigenvalue weighted by atomic mass is 35.5. The SMILES string of the molecule is Cc1cc(Cl)cc(CCCl)c1. The molecular formula is C9H10Cl2. The van der Waals surface area contributed by atoms with Gasteiger partial charge in [0.05, 0.1) is 0 Å². The molecule has 0 aliphatic carbocycles. The largest absolute Gasteiger partial charge is 0.126 e. The fourth-order valence-corrected chi connectivity index (χ4v) is 1.60. The second-order valence-corrected chi connectivity index (χ2v) is 3.39. The minimum Gasteiger partial charge on any atom is -0.126 e. The minimum absolute atomic E-state index is 0.653. The van der Waals surface area contributed by atoms with E-state index in [1.807, 2.05) is 19.1 Å². The second-order valence-electron chi connectivity index (χ2n) is 2.58. The van der Waals surface area contributed by atoms with Crippen LogP contribution in [0, 0.1) is 6.92 Å². The van der Waals surface area contributed by atoms with Crippen molar-refractivity contribution in [1.29, 1.82) is 0 Å². The van der Waals surface area contributed by atoms with E-state index in [-0.39, 0.29) is 0 Å². The maximum absolute atomic E-state index is 5.84. The molecule has 0 saturated carbocycles. The first-order valence-corrected chi connectivity index (χ1v) is 4.45. The number of hydrogen-bond acceptors (Lipinski definition) is 0. The molecule has 0 amide bonds. The molecule has 0 heterocycles. The van der Waals surface area contributed by atoms with Crippen molar-refractivity contribution in [1.82, 2.24) is 0 Å². The first-order chi connectivity index (χ1) is 5.22. The van der Waals surface area contributed by atoms with E-state index in [9.17, 15) is 0 Å². The number of aryl methyl sites for hydroxylation is 2. The van der Waals surface area contributed by atoms with E-state index in [0.29, 0.717) is 5.88 Å². The van der Waals surface area contributed by atoms with Crippen molar-refractivity contribution in [3.63, 3.8) is 0 Å². The van der Waals surface area contributed by atoms with E-state index >= 15 is 0 Å². The van der Waals surface area contributed by atoms with Crippen LogP contribution < -0.4 is 0 Å². The standard InChI is InChI=1S/C9H10Cl2/c1-7-4-8(2-3-10)6-9(11)5-7/h4-6H,2-3H2,1H3. The molecule has 0 spiro atoms. The Morgan fingerprint density at radius 1 is 1.27 bits per heavy atom. The van der Waals surface area contributed by atoms with E-state index in [1.165, 1.54) is 11.1 Å². The molecule has 1 rings (SSSR count). The van der Waals surface area contributed by atoms with E-state index in [2.05, 4.69) is 6.07 Å². The number of hydrogen-bond donors (Lipinski definition) is 0. The third-order valence-corrected chi connectivity index (χ3v) is 1.89. The van der Waals surface area contributed by atoms with Crippen LogP contribution in [0.3, 0.4) is 0 Å². The molecule has 2 heteroatoms. The summed E-state index contributed by atoms with van der Waals surface area (Å²) in [5.74, 6) is 0.653. The van der Waals surface area contributed by atoms with Gasteiger partial charge in [-0.25, -0.2) is 0 Å². The molecule has 0 nitrogen and oxygen atoms in total. The number of halogens is 2. The smallest absolute Gasteiger partial charge is 0.0411 e. The van der Waals surface area contributed by atoms with Crippen molar-refractivity contribution in [3.8, 4) is 0 Å². The van der Waals surface area contributed by atoms with Gasteiger partial charge in [0.2, 0.25) is 0 Å². The molecule has 0 unspecified atom stereocenters. The lowest BCUT2D eigenvalue weighted by atomic mass is 10.1. The lowest BCUT2D eigenvalue weighted by Gasteiger charge is -2.00. The second kappa shape index (κ2) is 3.99. The molecule has 0 saturated heterocycles. The zero-order valence-electron chi connectivity index (χ0n) is 6.40. The quantitative estimate of drug-likeness (QED) is 0.625. The average molecular weight is 189 g/mol. The van der Waals surface area contributed by atoms with Crippen LogP contribution >= 0.6 is 23.2 Å². The molecule has 0 aliphatic heterocycles. The fourth-order valence-electron chi connectivity index (χ4n) is 1.07. The molecule has 0 bridgehead atoms. The highest BCUT2D eigenvalue weighted by Crippen LogP contribution is 2.14. The molecule has 0 fully saturated rings. The molecule has 11 heavy (non-hydrogen) atoms. The predicted molar refractivity (Wildman–Crippen MR) is 50.6 cm³/mol. The van der Waals surface area contributed by atoms with Gasteiger partial charge in [-0.2, -0.15) is 0 Å². The van der Waals surface area contributed by atoms with Gasteiger partial charge >= 0.3 is 0 Å². The molecule has 0 atom stereocenters. The Hall–Kier alpha value is -0.200. The Balaban J connectivity index is 2.89. The summed E-state index contributed by atoms with van der Waals surface area (Å²) in [7, 11) is 0. The van der Waals surface area contributed by atoms with Crippen LogP contribution in [0.15, 0.2) is 18.2 Å². The van der Waals surface area contributed by atoms with Crippen molar-refractivity contribution in [2.75, 3.05) is 5.88 Å². The summed E-state index contributed by atoms with van der Waals surface area (Å²) in [6, 6.07) is 6.00. The van der Waals surface area contributed by atoms with Crippen LogP contribution in [-0.4, -0.2) is 5.88 Å². The van der Waals surface area contributed by atoms with Crippen LogP contribution in [0.1, 0.15) is 11.1 Å². The summed E-state index contributed by atoms with van der Waals surface area (Å²) in [5, 5.41) is 0.796. The first kappa shape index (κ1) is 8.89. The van der Waals surface area contributed by atoms with Crippen molar-refractivity contribution >= 4 is 23.2 Å². The molecule has 1 aromatic rings. The summed E-state index contributed by atoms with van der Waals surface area (Å²) >= 11 is 11.4. The van der Waals surface area contributed by atoms with Crippen LogP contribution in [0.2, 0.25) is 5.02 Å². The summed E-state index contributed by atoms with van der Waals surface area (Å²) in [6.07, 6.45) is 0.892.